The zero-order valence-corrected chi connectivity index (χ0v) is 20.4. The standard InChI is InChI=1S/C24H31N7O4/c1-16-6-7-19(12-17(16)2)35-14-18(32)13-31-20-21(28(3)24(34)29(4)22(20)33)27-23(31)26-8-5-10-30-11-9-25-15-30/h6-7,9,11-12,15,18,32H,5,8,10,13-14H2,1-4H3,(H,26,27)/t18-/m1/s1. The Balaban J connectivity index is 1.56. The number of aromatic nitrogens is 6. The summed E-state index contributed by atoms with van der Waals surface area (Å²) in [5.74, 6) is 1.08. The summed E-state index contributed by atoms with van der Waals surface area (Å²) in [5.41, 5.74) is 1.84. The molecule has 0 saturated carbocycles. The fraction of sp³-hybridized carbons (Fsp3) is 0.417. The lowest BCUT2D eigenvalue weighted by Gasteiger charge is -2.16. The van der Waals surface area contributed by atoms with E-state index in [1.165, 1.54) is 11.6 Å². The molecule has 0 amide bonds. The zero-order valence-electron chi connectivity index (χ0n) is 20.4. The third-order valence-electron chi connectivity index (χ3n) is 6.10. The molecule has 3 aromatic heterocycles. The Hall–Kier alpha value is -3.86. The van der Waals surface area contributed by atoms with Crippen LogP contribution in [0.1, 0.15) is 17.5 Å². The van der Waals surface area contributed by atoms with Crippen LogP contribution in [0, 0.1) is 13.8 Å². The minimum absolute atomic E-state index is 0.0360. The fourth-order valence-electron chi connectivity index (χ4n) is 3.90. The number of anilines is 1. The molecule has 0 aliphatic heterocycles. The van der Waals surface area contributed by atoms with Crippen molar-refractivity contribution >= 4 is 17.1 Å². The average molecular weight is 482 g/mol. The minimum atomic E-state index is -0.914. The van der Waals surface area contributed by atoms with Gasteiger partial charge in [-0.2, -0.15) is 4.98 Å². The Kier molecular flexibility index (Phi) is 7.06. The van der Waals surface area contributed by atoms with Crippen LogP contribution in [0.2, 0.25) is 0 Å². The third kappa shape index (κ3) is 5.14. The number of hydrogen-bond acceptors (Lipinski definition) is 7. The number of imidazole rings is 2. The number of rotatable bonds is 10. The number of ether oxygens (including phenoxy) is 1. The van der Waals surface area contributed by atoms with Gasteiger partial charge in [-0.3, -0.25) is 13.9 Å². The molecule has 0 unspecified atom stereocenters. The van der Waals surface area contributed by atoms with E-state index in [2.05, 4.69) is 15.3 Å². The van der Waals surface area contributed by atoms with E-state index >= 15 is 0 Å². The maximum absolute atomic E-state index is 13.0. The van der Waals surface area contributed by atoms with Gasteiger partial charge < -0.3 is 24.3 Å². The molecule has 11 heteroatoms. The maximum Gasteiger partial charge on any atom is 0.332 e. The molecule has 186 valence electrons. The highest BCUT2D eigenvalue weighted by Crippen LogP contribution is 2.19. The number of aryl methyl sites for hydroxylation is 4. The van der Waals surface area contributed by atoms with Gasteiger partial charge in [0.2, 0.25) is 5.95 Å². The van der Waals surface area contributed by atoms with Gasteiger partial charge >= 0.3 is 5.69 Å². The largest absolute Gasteiger partial charge is 0.491 e. The molecule has 0 radical (unpaired) electrons. The first-order valence-electron chi connectivity index (χ1n) is 11.5. The first-order chi connectivity index (χ1) is 16.8. The third-order valence-corrected chi connectivity index (χ3v) is 6.10. The van der Waals surface area contributed by atoms with E-state index in [1.807, 2.05) is 42.8 Å². The lowest BCUT2D eigenvalue weighted by Crippen LogP contribution is -2.38. The highest BCUT2D eigenvalue weighted by molar-refractivity contribution is 5.74. The molecule has 35 heavy (non-hydrogen) atoms. The van der Waals surface area contributed by atoms with Crippen LogP contribution >= 0.6 is 0 Å². The highest BCUT2D eigenvalue weighted by atomic mass is 16.5. The first kappa shape index (κ1) is 24.3. The average Bonchev–Trinajstić information content (AvgIpc) is 3.48. The quantitative estimate of drug-likeness (QED) is 0.326. The van der Waals surface area contributed by atoms with Crippen molar-refractivity contribution in [2.45, 2.75) is 39.5 Å². The molecule has 2 N–H and O–H groups in total. The Morgan fingerprint density at radius 1 is 1.14 bits per heavy atom. The molecule has 3 heterocycles. The van der Waals surface area contributed by atoms with Crippen LogP contribution < -0.4 is 21.3 Å². The predicted octanol–water partition coefficient (Wildman–Crippen LogP) is 1.19. The number of benzene rings is 1. The molecule has 0 spiro atoms. The van der Waals surface area contributed by atoms with Crippen molar-refractivity contribution in [2.24, 2.45) is 14.1 Å². The van der Waals surface area contributed by atoms with Gasteiger partial charge in [0, 0.05) is 39.6 Å². The van der Waals surface area contributed by atoms with E-state index < -0.39 is 17.4 Å². The molecule has 4 rings (SSSR count). The van der Waals surface area contributed by atoms with E-state index in [1.54, 1.807) is 24.1 Å². The number of aliphatic hydroxyl groups excluding tert-OH is 1. The van der Waals surface area contributed by atoms with Gasteiger partial charge in [0.15, 0.2) is 11.2 Å². The Bertz CT molecular complexity index is 1430. The molecular formula is C24H31N7O4. The zero-order chi connectivity index (χ0) is 25.1. The van der Waals surface area contributed by atoms with Gasteiger partial charge in [0.25, 0.3) is 5.56 Å². The molecule has 1 aromatic carbocycles. The van der Waals surface area contributed by atoms with Crippen molar-refractivity contribution in [1.29, 1.82) is 0 Å². The van der Waals surface area contributed by atoms with Crippen LogP contribution in [0.5, 0.6) is 5.75 Å². The molecule has 4 aromatic rings. The Morgan fingerprint density at radius 3 is 2.66 bits per heavy atom. The number of aliphatic hydroxyl groups is 1. The van der Waals surface area contributed by atoms with E-state index in [4.69, 9.17) is 4.74 Å². The Morgan fingerprint density at radius 2 is 1.94 bits per heavy atom. The van der Waals surface area contributed by atoms with Crippen LogP contribution in [-0.2, 0) is 27.2 Å². The summed E-state index contributed by atoms with van der Waals surface area (Å²) < 4.78 is 11.8. The highest BCUT2D eigenvalue weighted by Gasteiger charge is 2.21. The van der Waals surface area contributed by atoms with Crippen LogP contribution in [0.15, 0.2) is 46.5 Å². The number of fused-ring (bicyclic) bond motifs is 1. The van der Waals surface area contributed by atoms with E-state index in [0.717, 1.165) is 28.7 Å². The topological polar surface area (TPSA) is 121 Å². The second-order valence-corrected chi connectivity index (χ2v) is 8.72. The predicted molar refractivity (Wildman–Crippen MR) is 133 cm³/mol. The van der Waals surface area contributed by atoms with Crippen LogP contribution in [-0.4, -0.2) is 52.6 Å². The SMILES string of the molecule is Cc1ccc(OC[C@H](O)Cn2c(NCCCn3ccnc3)nc3c2c(=O)n(C)c(=O)n3C)cc1C. The molecule has 0 bridgehead atoms. The summed E-state index contributed by atoms with van der Waals surface area (Å²) in [7, 11) is 3.00. The summed E-state index contributed by atoms with van der Waals surface area (Å²) in [5, 5.41) is 14.0. The number of nitrogens with one attached hydrogen (secondary N) is 1. The molecule has 1 atom stereocenters. The van der Waals surface area contributed by atoms with Crippen LogP contribution in [0.4, 0.5) is 5.95 Å². The van der Waals surface area contributed by atoms with E-state index in [9.17, 15) is 14.7 Å². The van der Waals surface area contributed by atoms with Gasteiger partial charge in [0.1, 0.15) is 18.5 Å². The summed E-state index contributed by atoms with van der Waals surface area (Å²) in [6, 6.07) is 5.75. The van der Waals surface area contributed by atoms with E-state index in [-0.39, 0.29) is 24.3 Å². The fourth-order valence-corrected chi connectivity index (χ4v) is 3.90. The molecule has 0 aliphatic carbocycles. The maximum atomic E-state index is 13.0. The first-order valence-corrected chi connectivity index (χ1v) is 11.5. The van der Waals surface area contributed by atoms with Gasteiger partial charge in [-0.25, -0.2) is 9.78 Å². The molecule has 11 nitrogen and oxygen atoms in total. The Labute approximate surface area is 202 Å². The number of hydrogen-bond donors (Lipinski definition) is 2. The summed E-state index contributed by atoms with van der Waals surface area (Å²) in [6.45, 7) is 5.47. The monoisotopic (exact) mass is 481 g/mol. The second-order valence-electron chi connectivity index (χ2n) is 8.72. The van der Waals surface area contributed by atoms with Gasteiger partial charge in [-0.05, 0) is 43.5 Å². The summed E-state index contributed by atoms with van der Waals surface area (Å²) in [6.07, 6.45) is 5.24. The van der Waals surface area contributed by atoms with Gasteiger partial charge in [-0.15, -0.1) is 0 Å². The van der Waals surface area contributed by atoms with Gasteiger partial charge in [0.05, 0.1) is 12.9 Å². The number of nitrogens with zero attached hydrogens (tertiary/aromatic N) is 6. The van der Waals surface area contributed by atoms with Crippen LogP contribution in [0.25, 0.3) is 11.2 Å². The van der Waals surface area contributed by atoms with E-state index in [0.29, 0.717) is 18.2 Å². The summed E-state index contributed by atoms with van der Waals surface area (Å²) in [4.78, 5) is 34.0. The van der Waals surface area contributed by atoms with Crippen molar-refractivity contribution in [3.05, 3.63) is 68.9 Å². The van der Waals surface area contributed by atoms with Crippen molar-refractivity contribution < 1.29 is 9.84 Å². The van der Waals surface area contributed by atoms with Crippen molar-refractivity contribution in [3.63, 3.8) is 0 Å². The lowest BCUT2D eigenvalue weighted by molar-refractivity contribution is 0.0938. The second kappa shape index (κ2) is 10.2. The normalized spacial score (nSPS) is 12.3. The van der Waals surface area contributed by atoms with Crippen molar-refractivity contribution in [1.82, 2.24) is 28.2 Å². The van der Waals surface area contributed by atoms with Gasteiger partial charge in [-0.1, -0.05) is 6.07 Å². The summed E-state index contributed by atoms with van der Waals surface area (Å²) >= 11 is 0. The lowest BCUT2D eigenvalue weighted by atomic mass is 10.1. The molecule has 0 aliphatic rings. The minimum Gasteiger partial charge on any atom is -0.491 e. The molecule has 0 saturated heterocycles. The van der Waals surface area contributed by atoms with Crippen LogP contribution in [0.3, 0.4) is 0 Å². The molecule has 0 fully saturated rings. The van der Waals surface area contributed by atoms with Crippen molar-refractivity contribution in [3.8, 4) is 5.75 Å². The smallest absolute Gasteiger partial charge is 0.332 e. The van der Waals surface area contributed by atoms with Crippen molar-refractivity contribution in [2.75, 3.05) is 18.5 Å². The molecular weight excluding hydrogens is 450 g/mol.